The van der Waals surface area contributed by atoms with Crippen LogP contribution < -0.4 is 10.6 Å². The highest BCUT2D eigenvalue weighted by Gasteiger charge is 2.15. The van der Waals surface area contributed by atoms with Crippen LogP contribution in [0.2, 0.25) is 0 Å². The van der Waals surface area contributed by atoms with Gasteiger partial charge in [0.2, 0.25) is 0 Å². The molecule has 2 amide bonds. The van der Waals surface area contributed by atoms with Gasteiger partial charge in [0.05, 0.1) is 24.9 Å². The Hall–Kier alpha value is -2.47. The van der Waals surface area contributed by atoms with Crippen LogP contribution in [-0.2, 0) is 6.42 Å². The fraction of sp³-hybridized carbons (Fsp3) is 0.294. The van der Waals surface area contributed by atoms with Crippen molar-refractivity contribution in [3.05, 3.63) is 65.7 Å². The molecule has 1 heterocycles. The summed E-state index contributed by atoms with van der Waals surface area (Å²) in [6.07, 6.45) is 3.14. The summed E-state index contributed by atoms with van der Waals surface area (Å²) in [7, 11) is 0. The third kappa shape index (κ3) is 5.34. The first-order chi connectivity index (χ1) is 11.1. The molecular formula is C17H20FN3O2. The van der Waals surface area contributed by atoms with E-state index in [1.54, 1.807) is 6.92 Å². The van der Waals surface area contributed by atoms with E-state index in [2.05, 4.69) is 15.6 Å². The van der Waals surface area contributed by atoms with Crippen LogP contribution in [-0.4, -0.2) is 28.8 Å². The maximum atomic E-state index is 13.1. The molecule has 5 nitrogen and oxygen atoms in total. The number of carbonyl (C=O) groups excluding carboxylic acids is 1. The number of amides is 2. The first-order valence-corrected chi connectivity index (χ1v) is 7.40. The van der Waals surface area contributed by atoms with Gasteiger partial charge in [-0.05, 0) is 30.5 Å². The highest BCUT2D eigenvalue weighted by atomic mass is 19.1. The van der Waals surface area contributed by atoms with Crippen molar-refractivity contribution in [1.82, 2.24) is 15.6 Å². The van der Waals surface area contributed by atoms with Crippen molar-refractivity contribution in [3.8, 4) is 0 Å². The lowest BCUT2D eigenvalue weighted by atomic mass is 10.1. The van der Waals surface area contributed by atoms with E-state index in [0.29, 0.717) is 12.0 Å². The van der Waals surface area contributed by atoms with E-state index in [1.807, 2.05) is 30.3 Å². The van der Waals surface area contributed by atoms with E-state index < -0.39 is 23.9 Å². The summed E-state index contributed by atoms with van der Waals surface area (Å²) in [4.78, 5) is 15.8. The van der Waals surface area contributed by atoms with Gasteiger partial charge in [-0.1, -0.05) is 30.3 Å². The highest BCUT2D eigenvalue weighted by Crippen LogP contribution is 2.11. The predicted octanol–water partition coefficient (Wildman–Crippen LogP) is 2.18. The summed E-state index contributed by atoms with van der Waals surface area (Å²) in [6, 6.07) is 9.71. The Labute approximate surface area is 134 Å². The first-order valence-electron chi connectivity index (χ1n) is 7.40. The molecule has 0 bridgehead atoms. The zero-order valence-corrected chi connectivity index (χ0v) is 12.9. The quantitative estimate of drug-likeness (QED) is 0.764. The molecule has 0 aliphatic rings. The number of carbonyl (C=O) groups is 1. The minimum Gasteiger partial charge on any atom is -0.394 e. The highest BCUT2D eigenvalue weighted by molar-refractivity contribution is 5.74. The number of nitrogens with one attached hydrogen (secondary N) is 2. The Morgan fingerprint density at radius 2 is 2.00 bits per heavy atom. The molecule has 0 aliphatic carbocycles. The number of rotatable bonds is 6. The molecule has 0 radical (unpaired) electrons. The summed E-state index contributed by atoms with van der Waals surface area (Å²) in [5, 5.41) is 14.8. The maximum absolute atomic E-state index is 13.1. The number of urea groups is 1. The van der Waals surface area contributed by atoms with Crippen LogP contribution in [0.25, 0.3) is 0 Å². The van der Waals surface area contributed by atoms with Crippen LogP contribution in [0.1, 0.15) is 24.1 Å². The largest absolute Gasteiger partial charge is 0.394 e. The Morgan fingerprint density at radius 1 is 1.26 bits per heavy atom. The van der Waals surface area contributed by atoms with Crippen LogP contribution in [0.5, 0.6) is 0 Å². The summed E-state index contributed by atoms with van der Waals surface area (Å²) in [5.74, 6) is -0.450. The van der Waals surface area contributed by atoms with Gasteiger partial charge in [-0.25, -0.2) is 9.18 Å². The van der Waals surface area contributed by atoms with E-state index in [0.717, 1.165) is 11.8 Å². The molecule has 0 fully saturated rings. The molecule has 0 saturated carbocycles. The molecule has 23 heavy (non-hydrogen) atoms. The molecule has 1 aromatic heterocycles. The van der Waals surface area contributed by atoms with Gasteiger partial charge in [0.15, 0.2) is 0 Å². The van der Waals surface area contributed by atoms with E-state index in [1.165, 1.54) is 12.3 Å². The molecule has 3 N–H and O–H groups in total. The number of halogens is 1. The standard InChI is InChI=1S/C17H20FN3O2/c1-12(14-8-15(18)10-19-9-14)20-17(23)21-16(11-22)7-13-5-3-2-4-6-13/h2-6,8-10,12,16,22H,7,11H2,1H3,(H2,20,21,23)/t12-,16-/m0/s1. The van der Waals surface area contributed by atoms with Crippen molar-refractivity contribution in [2.45, 2.75) is 25.4 Å². The van der Waals surface area contributed by atoms with Crippen molar-refractivity contribution in [2.24, 2.45) is 0 Å². The lowest BCUT2D eigenvalue weighted by Crippen LogP contribution is -2.45. The molecule has 6 heteroatoms. The fourth-order valence-electron chi connectivity index (χ4n) is 2.23. The number of aliphatic hydroxyl groups excluding tert-OH is 1. The van der Waals surface area contributed by atoms with Gasteiger partial charge in [0.25, 0.3) is 0 Å². The smallest absolute Gasteiger partial charge is 0.315 e. The van der Waals surface area contributed by atoms with Crippen molar-refractivity contribution in [2.75, 3.05) is 6.61 Å². The van der Waals surface area contributed by atoms with E-state index in [-0.39, 0.29) is 6.61 Å². The maximum Gasteiger partial charge on any atom is 0.315 e. The van der Waals surface area contributed by atoms with Crippen molar-refractivity contribution in [3.63, 3.8) is 0 Å². The summed E-state index contributed by atoms with van der Waals surface area (Å²) in [5.41, 5.74) is 1.60. The minimum atomic E-state index is -0.450. The topological polar surface area (TPSA) is 74.2 Å². The van der Waals surface area contributed by atoms with Crippen molar-refractivity contribution >= 4 is 6.03 Å². The van der Waals surface area contributed by atoms with Crippen LogP contribution >= 0.6 is 0 Å². The zero-order chi connectivity index (χ0) is 16.7. The second-order valence-electron chi connectivity index (χ2n) is 5.35. The lowest BCUT2D eigenvalue weighted by Gasteiger charge is -2.20. The Bertz CT molecular complexity index is 637. The number of nitrogens with zero attached hydrogens (tertiary/aromatic N) is 1. The van der Waals surface area contributed by atoms with Crippen LogP contribution in [0, 0.1) is 5.82 Å². The molecule has 0 unspecified atom stereocenters. The molecule has 0 spiro atoms. The first kappa shape index (κ1) is 16.9. The SMILES string of the molecule is C[C@H](NC(=O)N[C@H](CO)Cc1ccccc1)c1cncc(F)c1. The van der Waals surface area contributed by atoms with Crippen molar-refractivity contribution < 1.29 is 14.3 Å². The van der Waals surface area contributed by atoms with Crippen molar-refractivity contribution in [1.29, 1.82) is 0 Å². The molecule has 2 aromatic rings. The molecule has 0 aliphatic heterocycles. The molecular weight excluding hydrogens is 297 g/mol. The van der Waals surface area contributed by atoms with E-state index in [4.69, 9.17) is 0 Å². The molecule has 2 rings (SSSR count). The van der Waals surface area contributed by atoms with Crippen LogP contribution in [0.3, 0.4) is 0 Å². The van der Waals surface area contributed by atoms with Crippen LogP contribution in [0.4, 0.5) is 9.18 Å². The Balaban J connectivity index is 1.89. The van der Waals surface area contributed by atoms with Gasteiger partial charge < -0.3 is 15.7 Å². The number of pyridine rings is 1. The van der Waals surface area contributed by atoms with Gasteiger partial charge in [0, 0.05) is 6.20 Å². The van der Waals surface area contributed by atoms with E-state index in [9.17, 15) is 14.3 Å². The Kier molecular flexibility index (Phi) is 6.05. The second-order valence-corrected chi connectivity index (χ2v) is 5.35. The third-order valence-electron chi connectivity index (χ3n) is 3.45. The minimum absolute atomic E-state index is 0.168. The summed E-state index contributed by atoms with van der Waals surface area (Å²) >= 11 is 0. The number of hydrogen-bond acceptors (Lipinski definition) is 3. The predicted molar refractivity (Wildman–Crippen MR) is 85.3 cm³/mol. The molecule has 2 atom stereocenters. The van der Waals surface area contributed by atoms with E-state index >= 15 is 0 Å². The van der Waals surface area contributed by atoms with Gasteiger partial charge in [0.1, 0.15) is 5.82 Å². The van der Waals surface area contributed by atoms with Gasteiger partial charge in [-0.15, -0.1) is 0 Å². The molecule has 122 valence electrons. The van der Waals surface area contributed by atoms with Crippen LogP contribution in [0.15, 0.2) is 48.8 Å². The zero-order valence-electron chi connectivity index (χ0n) is 12.9. The van der Waals surface area contributed by atoms with Gasteiger partial charge in [-0.3, -0.25) is 4.98 Å². The molecule has 1 aromatic carbocycles. The number of aliphatic hydroxyl groups is 1. The normalized spacial score (nSPS) is 13.2. The lowest BCUT2D eigenvalue weighted by molar-refractivity contribution is 0.213. The number of benzene rings is 1. The fourth-order valence-corrected chi connectivity index (χ4v) is 2.23. The Morgan fingerprint density at radius 3 is 2.65 bits per heavy atom. The molecule has 0 saturated heterocycles. The second kappa shape index (κ2) is 8.24. The monoisotopic (exact) mass is 317 g/mol. The number of aromatic nitrogens is 1. The summed E-state index contributed by atoms with van der Waals surface area (Å²) < 4.78 is 13.1. The third-order valence-corrected chi connectivity index (χ3v) is 3.45. The van der Waals surface area contributed by atoms with Gasteiger partial charge >= 0.3 is 6.03 Å². The summed E-state index contributed by atoms with van der Waals surface area (Å²) in [6.45, 7) is 1.57. The number of hydrogen-bond donors (Lipinski definition) is 3. The average molecular weight is 317 g/mol. The average Bonchev–Trinajstić information content (AvgIpc) is 2.55. The van der Waals surface area contributed by atoms with Gasteiger partial charge in [-0.2, -0.15) is 0 Å².